The fourth-order valence-electron chi connectivity index (χ4n) is 0.810. The summed E-state index contributed by atoms with van der Waals surface area (Å²) in [6.45, 7) is 0. The van der Waals surface area contributed by atoms with E-state index in [2.05, 4.69) is 0 Å². The van der Waals surface area contributed by atoms with Gasteiger partial charge in [-0.25, -0.2) is 8.78 Å². The molecule has 1 aromatic heterocycles. The van der Waals surface area contributed by atoms with Gasteiger partial charge >= 0.3 is 0 Å². The summed E-state index contributed by atoms with van der Waals surface area (Å²) in [6, 6.07) is 3.68. The fraction of sp³-hybridized carbons (Fsp3) is 0.375. The first-order valence-corrected chi connectivity index (χ1v) is 4.41. The molecule has 1 nitrogen and oxygen atoms in total. The van der Waals surface area contributed by atoms with Crippen molar-refractivity contribution in [2.75, 3.05) is 0 Å². The van der Waals surface area contributed by atoms with Crippen molar-refractivity contribution in [2.24, 2.45) is 0 Å². The van der Waals surface area contributed by atoms with Crippen molar-refractivity contribution >= 4 is 17.1 Å². The molecule has 1 rings (SSSR count). The van der Waals surface area contributed by atoms with E-state index in [9.17, 15) is 13.6 Å². The highest BCUT2D eigenvalue weighted by atomic mass is 32.1. The Bertz CT molecular complexity index is 244. The SMILES string of the molecule is O=C(CCc1cccs1)C(F)F. The first-order chi connectivity index (χ1) is 5.70. The monoisotopic (exact) mass is 190 g/mol. The van der Waals surface area contributed by atoms with Crippen molar-refractivity contribution in [1.29, 1.82) is 0 Å². The molecule has 0 fully saturated rings. The third-order valence-corrected chi connectivity index (χ3v) is 2.38. The zero-order valence-electron chi connectivity index (χ0n) is 6.30. The molecule has 1 heterocycles. The van der Waals surface area contributed by atoms with Crippen LogP contribution in [0.25, 0.3) is 0 Å². The van der Waals surface area contributed by atoms with E-state index in [1.54, 1.807) is 0 Å². The molecule has 0 aliphatic carbocycles. The lowest BCUT2D eigenvalue weighted by Crippen LogP contribution is -2.09. The molecule has 12 heavy (non-hydrogen) atoms. The Labute approximate surface area is 73.0 Å². The molecule has 0 N–H and O–H groups in total. The van der Waals surface area contributed by atoms with Crippen molar-refractivity contribution < 1.29 is 13.6 Å². The Morgan fingerprint density at radius 1 is 1.58 bits per heavy atom. The predicted molar refractivity (Wildman–Crippen MR) is 43.7 cm³/mol. The summed E-state index contributed by atoms with van der Waals surface area (Å²) in [7, 11) is 0. The van der Waals surface area contributed by atoms with Crippen LogP contribution in [0.5, 0.6) is 0 Å². The molecule has 0 saturated carbocycles. The molecule has 0 amide bonds. The van der Waals surface area contributed by atoms with Gasteiger partial charge in [0, 0.05) is 11.3 Å². The highest BCUT2D eigenvalue weighted by Gasteiger charge is 2.14. The van der Waals surface area contributed by atoms with Crippen molar-refractivity contribution in [3.63, 3.8) is 0 Å². The van der Waals surface area contributed by atoms with E-state index in [1.165, 1.54) is 11.3 Å². The summed E-state index contributed by atoms with van der Waals surface area (Å²) in [6.07, 6.45) is -2.44. The van der Waals surface area contributed by atoms with Gasteiger partial charge in [-0.05, 0) is 17.9 Å². The van der Waals surface area contributed by atoms with E-state index in [0.29, 0.717) is 6.42 Å². The number of halogens is 2. The Kier molecular flexibility index (Phi) is 3.34. The third-order valence-electron chi connectivity index (χ3n) is 1.44. The number of hydrogen-bond acceptors (Lipinski definition) is 2. The van der Waals surface area contributed by atoms with Gasteiger partial charge in [0.1, 0.15) is 0 Å². The molecule has 0 aliphatic rings. The van der Waals surface area contributed by atoms with Gasteiger partial charge in [-0.3, -0.25) is 4.79 Å². The van der Waals surface area contributed by atoms with Crippen LogP contribution in [0.15, 0.2) is 17.5 Å². The second-order valence-electron chi connectivity index (χ2n) is 2.35. The molecular formula is C8H8F2OS. The van der Waals surface area contributed by atoms with Gasteiger partial charge in [-0.15, -0.1) is 11.3 Å². The summed E-state index contributed by atoms with van der Waals surface area (Å²) in [5, 5.41) is 1.86. The topological polar surface area (TPSA) is 17.1 Å². The van der Waals surface area contributed by atoms with Crippen molar-refractivity contribution in [2.45, 2.75) is 19.3 Å². The van der Waals surface area contributed by atoms with Gasteiger partial charge < -0.3 is 0 Å². The lowest BCUT2D eigenvalue weighted by molar-refractivity contribution is -0.129. The highest BCUT2D eigenvalue weighted by molar-refractivity contribution is 7.09. The van der Waals surface area contributed by atoms with Gasteiger partial charge in [0.15, 0.2) is 5.78 Å². The maximum Gasteiger partial charge on any atom is 0.295 e. The van der Waals surface area contributed by atoms with Crippen LogP contribution in [0.4, 0.5) is 8.78 Å². The van der Waals surface area contributed by atoms with E-state index in [1.807, 2.05) is 17.5 Å². The number of carbonyl (C=O) groups is 1. The smallest absolute Gasteiger partial charge is 0.293 e. The Morgan fingerprint density at radius 3 is 2.83 bits per heavy atom. The zero-order valence-corrected chi connectivity index (χ0v) is 7.11. The molecule has 4 heteroatoms. The van der Waals surface area contributed by atoms with Gasteiger partial charge in [0.25, 0.3) is 6.43 Å². The standard InChI is InChI=1S/C8H8F2OS/c9-8(10)7(11)4-3-6-2-1-5-12-6/h1-2,5,8H,3-4H2. The Morgan fingerprint density at radius 2 is 2.33 bits per heavy atom. The average Bonchev–Trinajstić information content (AvgIpc) is 2.51. The number of rotatable bonds is 4. The average molecular weight is 190 g/mol. The molecule has 1 aromatic rings. The van der Waals surface area contributed by atoms with Crippen molar-refractivity contribution in [3.8, 4) is 0 Å². The number of ketones is 1. The summed E-state index contributed by atoms with van der Waals surface area (Å²) < 4.78 is 23.4. The first kappa shape index (κ1) is 9.32. The quantitative estimate of drug-likeness (QED) is 0.713. The van der Waals surface area contributed by atoms with E-state index in [4.69, 9.17) is 0 Å². The van der Waals surface area contributed by atoms with E-state index >= 15 is 0 Å². The van der Waals surface area contributed by atoms with Crippen LogP contribution in [-0.4, -0.2) is 12.2 Å². The van der Waals surface area contributed by atoms with Crippen LogP contribution in [0.2, 0.25) is 0 Å². The van der Waals surface area contributed by atoms with E-state index in [-0.39, 0.29) is 6.42 Å². The molecule has 0 spiro atoms. The summed E-state index contributed by atoms with van der Waals surface area (Å²) in [4.78, 5) is 11.5. The van der Waals surface area contributed by atoms with Crippen LogP contribution >= 0.6 is 11.3 Å². The number of Topliss-reactive ketones (excluding diaryl/α,β-unsaturated/α-hetero) is 1. The molecule has 0 unspecified atom stereocenters. The minimum atomic E-state index is -2.81. The van der Waals surface area contributed by atoms with Gasteiger partial charge in [-0.1, -0.05) is 6.07 Å². The van der Waals surface area contributed by atoms with Crippen LogP contribution in [-0.2, 0) is 11.2 Å². The largest absolute Gasteiger partial charge is 0.295 e. The van der Waals surface area contributed by atoms with Crippen molar-refractivity contribution in [3.05, 3.63) is 22.4 Å². The summed E-state index contributed by atoms with van der Waals surface area (Å²) in [5.41, 5.74) is 0. The van der Waals surface area contributed by atoms with Crippen LogP contribution in [0, 0.1) is 0 Å². The number of hydrogen-bond donors (Lipinski definition) is 0. The molecular weight excluding hydrogens is 182 g/mol. The van der Waals surface area contributed by atoms with Crippen LogP contribution in [0.3, 0.4) is 0 Å². The molecule has 0 radical (unpaired) electrons. The molecule has 0 saturated heterocycles. The molecule has 66 valence electrons. The fourth-order valence-corrected chi connectivity index (χ4v) is 1.52. The number of carbonyl (C=O) groups excluding carboxylic acids is 1. The zero-order chi connectivity index (χ0) is 8.97. The van der Waals surface area contributed by atoms with Gasteiger partial charge in [-0.2, -0.15) is 0 Å². The van der Waals surface area contributed by atoms with E-state index < -0.39 is 12.2 Å². The van der Waals surface area contributed by atoms with Crippen molar-refractivity contribution in [1.82, 2.24) is 0 Å². The number of alkyl halides is 2. The molecule has 0 aliphatic heterocycles. The lowest BCUT2D eigenvalue weighted by atomic mass is 10.2. The maximum atomic E-state index is 11.7. The number of aryl methyl sites for hydroxylation is 1. The van der Waals surface area contributed by atoms with Gasteiger partial charge in [0.2, 0.25) is 0 Å². The van der Waals surface area contributed by atoms with Crippen LogP contribution < -0.4 is 0 Å². The minimum Gasteiger partial charge on any atom is -0.293 e. The third kappa shape index (κ3) is 2.70. The number of thiophene rings is 1. The highest BCUT2D eigenvalue weighted by Crippen LogP contribution is 2.12. The first-order valence-electron chi connectivity index (χ1n) is 3.53. The van der Waals surface area contributed by atoms with Gasteiger partial charge in [0.05, 0.1) is 0 Å². The van der Waals surface area contributed by atoms with E-state index in [0.717, 1.165) is 4.88 Å². The summed E-state index contributed by atoms with van der Waals surface area (Å²) in [5.74, 6) is -0.969. The lowest BCUT2D eigenvalue weighted by Gasteiger charge is -1.96. The second-order valence-corrected chi connectivity index (χ2v) is 3.38. The minimum absolute atomic E-state index is 0.0574. The van der Waals surface area contributed by atoms with Crippen LogP contribution in [0.1, 0.15) is 11.3 Å². The maximum absolute atomic E-state index is 11.7. The molecule has 0 bridgehead atoms. The molecule has 0 aromatic carbocycles. The summed E-state index contributed by atoms with van der Waals surface area (Å²) >= 11 is 1.48. The second kappa shape index (κ2) is 4.30. The Balaban J connectivity index is 2.32. The predicted octanol–water partition coefficient (Wildman–Crippen LogP) is 2.51. The molecule has 0 atom stereocenters. The Hall–Kier alpha value is -0.770. The normalized spacial score (nSPS) is 10.6.